The molecule has 1 aromatic rings. The topological polar surface area (TPSA) is 58.1 Å². The van der Waals surface area contributed by atoms with Crippen LogP contribution in [0.25, 0.3) is 0 Å². The zero-order valence-corrected chi connectivity index (χ0v) is 19.6. The molecule has 0 spiro atoms. The lowest BCUT2D eigenvalue weighted by molar-refractivity contribution is -0.00834. The smallest absolute Gasteiger partial charge is 0.191 e. The number of benzene rings is 1. The molecule has 0 bridgehead atoms. The molecular weight excluding hydrogens is 455 g/mol. The molecule has 2 N–H and O–H groups in total. The summed E-state index contributed by atoms with van der Waals surface area (Å²) in [5.74, 6) is 1.69. The Kier molecular flexibility index (Phi) is 10.4. The third-order valence-electron chi connectivity index (χ3n) is 4.69. The molecule has 1 unspecified atom stereocenters. The van der Waals surface area contributed by atoms with Gasteiger partial charge >= 0.3 is 0 Å². The number of hydrogen-bond donors (Lipinski definition) is 2. The minimum Gasteiger partial charge on any atom is -0.489 e. The van der Waals surface area contributed by atoms with Gasteiger partial charge in [0.05, 0.1) is 19.8 Å². The zero-order chi connectivity index (χ0) is 19.0. The van der Waals surface area contributed by atoms with E-state index in [1.165, 1.54) is 5.56 Å². The number of nitrogens with one attached hydrogen (secondary N) is 2. The van der Waals surface area contributed by atoms with E-state index >= 15 is 0 Å². The molecule has 1 saturated heterocycles. The Hall–Kier alpha value is -1.06. The third-order valence-corrected chi connectivity index (χ3v) is 4.69. The van der Waals surface area contributed by atoms with Crippen molar-refractivity contribution in [1.29, 1.82) is 0 Å². The first-order chi connectivity index (χ1) is 12.4. The number of morpholine rings is 1. The Balaban J connectivity index is 0.00000364. The molecule has 0 aliphatic carbocycles. The summed E-state index contributed by atoms with van der Waals surface area (Å²) in [5.41, 5.74) is 1.28. The van der Waals surface area contributed by atoms with E-state index in [1.54, 1.807) is 7.05 Å². The number of aryl methyl sites for hydroxylation is 1. The van der Waals surface area contributed by atoms with Crippen LogP contribution in [-0.4, -0.2) is 68.9 Å². The van der Waals surface area contributed by atoms with Gasteiger partial charge in [0.15, 0.2) is 5.96 Å². The lowest BCUT2D eigenvalue weighted by Crippen LogP contribution is -2.56. The number of ether oxygens (including phenoxy) is 2. The van der Waals surface area contributed by atoms with E-state index in [1.807, 2.05) is 12.1 Å². The van der Waals surface area contributed by atoms with Gasteiger partial charge in [0.1, 0.15) is 11.9 Å². The first-order valence-electron chi connectivity index (χ1n) is 9.41. The molecule has 1 heterocycles. The van der Waals surface area contributed by atoms with E-state index in [0.29, 0.717) is 6.54 Å². The summed E-state index contributed by atoms with van der Waals surface area (Å²) in [5, 5.41) is 6.78. The Bertz CT molecular complexity index is 572. The minimum absolute atomic E-state index is 0. The summed E-state index contributed by atoms with van der Waals surface area (Å²) >= 11 is 0. The molecule has 0 radical (unpaired) electrons. The van der Waals surface area contributed by atoms with Crippen molar-refractivity contribution in [3.05, 3.63) is 29.8 Å². The average molecular weight is 490 g/mol. The Morgan fingerprint density at radius 3 is 2.44 bits per heavy atom. The quantitative estimate of drug-likeness (QED) is 0.350. The number of hydrogen-bond acceptors (Lipinski definition) is 4. The predicted octanol–water partition coefficient (Wildman–Crippen LogP) is 2.66. The zero-order valence-electron chi connectivity index (χ0n) is 17.2. The summed E-state index contributed by atoms with van der Waals surface area (Å²) in [6.07, 6.45) is 0.0449. The van der Waals surface area contributed by atoms with Gasteiger partial charge in [-0.1, -0.05) is 17.7 Å². The third kappa shape index (κ3) is 8.23. The molecule has 1 aromatic carbocycles. The largest absolute Gasteiger partial charge is 0.489 e. The number of guanidine groups is 1. The number of halogens is 1. The molecule has 1 aliphatic rings. The van der Waals surface area contributed by atoms with Crippen LogP contribution in [0, 0.1) is 6.92 Å². The molecule has 1 aliphatic heterocycles. The van der Waals surface area contributed by atoms with E-state index in [9.17, 15) is 0 Å². The highest BCUT2D eigenvalue weighted by Gasteiger charge is 2.28. The highest BCUT2D eigenvalue weighted by atomic mass is 127. The van der Waals surface area contributed by atoms with Crippen LogP contribution >= 0.6 is 24.0 Å². The van der Waals surface area contributed by atoms with Gasteiger partial charge in [0, 0.05) is 32.2 Å². The fraction of sp³-hybridized carbons (Fsp3) is 0.650. The first-order valence-corrected chi connectivity index (χ1v) is 9.41. The monoisotopic (exact) mass is 490 g/mol. The Morgan fingerprint density at radius 1 is 1.22 bits per heavy atom. The van der Waals surface area contributed by atoms with Crippen LogP contribution in [0.3, 0.4) is 0 Å². The van der Waals surface area contributed by atoms with Crippen molar-refractivity contribution in [2.24, 2.45) is 4.99 Å². The van der Waals surface area contributed by atoms with Gasteiger partial charge in [0.25, 0.3) is 0 Å². The fourth-order valence-electron chi connectivity index (χ4n) is 2.93. The minimum atomic E-state index is 0. The second-order valence-electron chi connectivity index (χ2n) is 7.46. The van der Waals surface area contributed by atoms with Gasteiger partial charge in [-0.25, -0.2) is 0 Å². The van der Waals surface area contributed by atoms with Crippen LogP contribution in [0.4, 0.5) is 0 Å². The first kappa shape index (κ1) is 24.0. The van der Waals surface area contributed by atoms with Crippen LogP contribution in [0.1, 0.15) is 26.3 Å². The number of rotatable bonds is 7. The van der Waals surface area contributed by atoms with Gasteiger partial charge in [-0.3, -0.25) is 9.89 Å². The van der Waals surface area contributed by atoms with E-state index in [-0.39, 0.29) is 35.6 Å². The highest BCUT2D eigenvalue weighted by molar-refractivity contribution is 14.0. The summed E-state index contributed by atoms with van der Waals surface area (Å²) in [4.78, 5) is 6.78. The molecule has 0 amide bonds. The maximum absolute atomic E-state index is 5.94. The summed E-state index contributed by atoms with van der Waals surface area (Å²) in [7, 11) is 1.79. The number of nitrogens with zero attached hydrogens (tertiary/aromatic N) is 2. The van der Waals surface area contributed by atoms with Gasteiger partial charge in [0.2, 0.25) is 0 Å². The van der Waals surface area contributed by atoms with Crippen molar-refractivity contribution in [2.45, 2.75) is 39.3 Å². The second kappa shape index (κ2) is 11.7. The molecule has 154 valence electrons. The van der Waals surface area contributed by atoms with Crippen molar-refractivity contribution in [3.8, 4) is 5.75 Å². The SMILES string of the molecule is CN=C(NCC(C)Oc1ccc(C)cc1)NCC(C)(C)N1CCOCC1.I. The molecule has 1 fully saturated rings. The predicted molar refractivity (Wildman–Crippen MR) is 123 cm³/mol. The highest BCUT2D eigenvalue weighted by Crippen LogP contribution is 2.15. The molecule has 2 rings (SSSR count). The van der Waals surface area contributed by atoms with E-state index in [2.05, 4.69) is 60.4 Å². The maximum atomic E-state index is 5.94. The van der Waals surface area contributed by atoms with Gasteiger partial charge in [-0.15, -0.1) is 24.0 Å². The van der Waals surface area contributed by atoms with Crippen LogP contribution in [0.2, 0.25) is 0 Å². The van der Waals surface area contributed by atoms with Crippen molar-refractivity contribution < 1.29 is 9.47 Å². The van der Waals surface area contributed by atoms with E-state index in [0.717, 1.165) is 44.6 Å². The summed E-state index contributed by atoms with van der Waals surface area (Å²) in [6.45, 7) is 13.7. The average Bonchev–Trinajstić information content (AvgIpc) is 2.64. The molecule has 0 aromatic heterocycles. The van der Waals surface area contributed by atoms with Crippen LogP contribution in [0.15, 0.2) is 29.3 Å². The lowest BCUT2D eigenvalue weighted by Gasteiger charge is -2.41. The van der Waals surface area contributed by atoms with E-state index < -0.39 is 0 Å². The molecule has 7 heteroatoms. The molecule has 27 heavy (non-hydrogen) atoms. The van der Waals surface area contributed by atoms with Crippen molar-refractivity contribution in [3.63, 3.8) is 0 Å². The van der Waals surface area contributed by atoms with Crippen LogP contribution in [-0.2, 0) is 4.74 Å². The lowest BCUT2D eigenvalue weighted by atomic mass is 10.0. The standard InChI is InChI=1S/C20H34N4O2.HI/c1-16-6-8-18(9-7-16)26-17(2)14-22-19(21-5)23-15-20(3,4)24-10-12-25-13-11-24;/h6-9,17H,10-15H2,1-5H3,(H2,21,22,23);1H. The Labute approximate surface area is 181 Å². The molecule has 0 saturated carbocycles. The van der Waals surface area contributed by atoms with Gasteiger partial charge in [-0.05, 0) is 39.8 Å². The maximum Gasteiger partial charge on any atom is 0.191 e. The van der Waals surface area contributed by atoms with Crippen molar-refractivity contribution in [1.82, 2.24) is 15.5 Å². The number of aliphatic imine (C=N–C) groups is 1. The fourth-order valence-corrected chi connectivity index (χ4v) is 2.93. The summed E-state index contributed by atoms with van der Waals surface area (Å²) < 4.78 is 11.4. The van der Waals surface area contributed by atoms with Crippen LogP contribution in [0.5, 0.6) is 5.75 Å². The molecular formula is C20H35IN4O2. The van der Waals surface area contributed by atoms with Gasteiger partial charge < -0.3 is 20.1 Å². The van der Waals surface area contributed by atoms with Gasteiger partial charge in [-0.2, -0.15) is 0 Å². The normalized spacial score (nSPS) is 17.0. The Morgan fingerprint density at radius 2 is 1.85 bits per heavy atom. The molecule has 6 nitrogen and oxygen atoms in total. The van der Waals surface area contributed by atoms with Crippen molar-refractivity contribution >= 4 is 29.9 Å². The van der Waals surface area contributed by atoms with Crippen molar-refractivity contribution in [2.75, 3.05) is 46.4 Å². The molecule has 1 atom stereocenters. The summed E-state index contributed by atoms with van der Waals surface area (Å²) in [6, 6.07) is 8.13. The van der Waals surface area contributed by atoms with Crippen LogP contribution < -0.4 is 15.4 Å². The van der Waals surface area contributed by atoms with E-state index in [4.69, 9.17) is 9.47 Å². The second-order valence-corrected chi connectivity index (χ2v) is 7.46.